The van der Waals surface area contributed by atoms with Crippen molar-refractivity contribution in [1.29, 1.82) is 0 Å². The van der Waals surface area contributed by atoms with Gasteiger partial charge in [-0.25, -0.2) is 0 Å². The van der Waals surface area contributed by atoms with Gasteiger partial charge >= 0.3 is 0 Å². The minimum Gasteiger partial charge on any atom is -0.491 e. The van der Waals surface area contributed by atoms with Crippen LogP contribution in [0.15, 0.2) is 24.3 Å². The van der Waals surface area contributed by atoms with Crippen molar-refractivity contribution in [3.05, 3.63) is 29.8 Å². The van der Waals surface area contributed by atoms with E-state index in [1.807, 2.05) is 18.2 Å². The Bertz CT molecular complexity index is 273. The van der Waals surface area contributed by atoms with Gasteiger partial charge in [-0.15, -0.1) is 0 Å². The molecule has 0 saturated carbocycles. The van der Waals surface area contributed by atoms with Crippen molar-refractivity contribution in [3.63, 3.8) is 0 Å². The number of benzene rings is 1. The van der Waals surface area contributed by atoms with Crippen molar-refractivity contribution >= 4 is 0 Å². The van der Waals surface area contributed by atoms with Gasteiger partial charge in [0.25, 0.3) is 0 Å². The Morgan fingerprint density at radius 3 is 2.80 bits per heavy atom. The molecular weight excluding hydrogens is 192 g/mol. The summed E-state index contributed by atoms with van der Waals surface area (Å²) in [7, 11) is 0. The molecular formula is C12H18O3. The lowest BCUT2D eigenvalue weighted by atomic mass is 10.2. The predicted octanol–water partition coefficient (Wildman–Crippen LogP) is 1.64. The minimum atomic E-state index is 0.0608. The van der Waals surface area contributed by atoms with Gasteiger partial charge in [0.05, 0.1) is 19.8 Å². The smallest absolute Gasteiger partial charge is 0.119 e. The van der Waals surface area contributed by atoms with Crippen molar-refractivity contribution in [3.8, 4) is 5.75 Å². The molecule has 0 fully saturated rings. The molecule has 0 spiro atoms. The third-order valence-electron chi connectivity index (χ3n) is 2.04. The van der Waals surface area contributed by atoms with Crippen molar-refractivity contribution in [2.24, 2.45) is 0 Å². The fraction of sp³-hybridized carbons (Fsp3) is 0.500. The molecule has 0 aliphatic rings. The summed E-state index contributed by atoms with van der Waals surface area (Å²) >= 11 is 0. The number of hydrogen-bond donors (Lipinski definition) is 1. The molecule has 0 atom stereocenters. The molecule has 1 rings (SSSR count). The van der Waals surface area contributed by atoms with E-state index >= 15 is 0 Å². The van der Waals surface area contributed by atoms with E-state index < -0.39 is 0 Å². The summed E-state index contributed by atoms with van der Waals surface area (Å²) in [6, 6.07) is 8.04. The topological polar surface area (TPSA) is 38.7 Å². The van der Waals surface area contributed by atoms with Crippen LogP contribution in [0.25, 0.3) is 0 Å². The summed E-state index contributed by atoms with van der Waals surface area (Å²) < 4.78 is 10.6. The van der Waals surface area contributed by atoms with Crippen molar-refractivity contribution in [2.45, 2.75) is 13.3 Å². The third kappa shape index (κ3) is 4.81. The molecule has 3 nitrogen and oxygen atoms in total. The predicted molar refractivity (Wildman–Crippen MR) is 59.2 cm³/mol. The van der Waals surface area contributed by atoms with Gasteiger partial charge in [-0.3, -0.25) is 0 Å². The van der Waals surface area contributed by atoms with Crippen molar-refractivity contribution in [2.75, 3.05) is 26.4 Å². The van der Waals surface area contributed by atoms with E-state index in [4.69, 9.17) is 14.6 Å². The first-order valence-corrected chi connectivity index (χ1v) is 5.27. The average molecular weight is 210 g/mol. The Hall–Kier alpha value is -1.06. The second kappa shape index (κ2) is 7.26. The summed E-state index contributed by atoms with van der Waals surface area (Å²) in [5.74, 6) is 0.877. The van der Waals surface area contributed by atoms with Gasteiger partial charge < -0.3 is 14.6 Å². The van der Waals surface area contributed by atoms with E-state index in [2.05, 4.69) is 13.0 Å². The van der Waals surface area contributed by atoms with Gasteiger partial charge in [0.2, 0.25) is 0 Å². The van der Waals surface area contributed by atoms with Gasteiger partial charge in [-0.05, 0) is 24.1 Å². The third-order valence-corrected chi connectivity index (χ3v) is 2.04. The molecule has 0 aromatic heterocycles. The van der Waals surface area contributed by atoms with Crippen LogP contribution in [0.4, 0.5) is 0 Å². The van der Waals surface area contributed by atoms with Gasteiger partial charge in [0.1, 0.15) is 12.4 Å². The molecule has 0 aliphatic heterocycles. The Morgan fingerprint density at radius 2 is 2.07 bits per heavy atom. The zero-order valence-corrected chi connectivity index (χ0v) is 9.11. The molecule has 1 aromatic carbocycles. The van der Waals surface area contributed by atoms with Gasteiger partial charge in [-0.1, -0.05) is 19.1 Å². The quantitative estimate of drug-likeness (QED) is 0.695. The lowest BCUT2D eigenvalue weighted by Crippen LogP contribution is -2.09. The number of hydrogen-bond acceptors (Lipinski definition) is 3. The standard InChI is InChI=1S/C12H18O3/c1-2-11-4-3-5-12(10-11)15-9-8-14-7-6-13/h3-5,10,13H,2,6-9H2,1H3. The second-order valence-electron chi connectivity index (χ2n) is 3.19. The summed E-state index contributed by atoms with van der Waals surface area (Å²) in [6.45, 7) is 3.58. The van der Waals surface area contributed by atoms with Crippen LogP contribution >= 0.6 is 0 Å². The van der Waals surface area contributed by atoms with Crippen LogP contribution in [-0.4, -0.2) is 31.5 Å². The Balaban J connectivity index is 2.24. The van der Waals surface area contributed by atoms with Crippen LogP contribution in [0.2, 0.25) is 0 Å². The highest BCUT2D eigenvalue weighted by atomic mass is 16.5. The number of rotatable bonds is 7. The zero-order chi connectivity index (χ0) is 10.9. The first-order valence-electron chi connectivity index (χ1n) is 5.27. The molecule has 0 unspecified atom stereocenters. The van der Waals surface area contributed by atoms with E-state index in [0.29, 0.717) is 19.8 Å². The highest BCUT2D eigenvalue weighted by molar-refractivity contribution is 5.28. The number of aliphatic hydroxyl groups excluding tert-OH is 1. The maximum Gasteiger partial charge on any atom is 0.119 e. The van der Waals surface area contributed by atoms with E-state index in [1.165, 1.54) is 5.56 Å². The SMILES string of the molecule is CCc1cccc(OCCOCCO)c1. The number of aliphatic hydroxyl groups is 1. The molecule has 0 amide bonds. The maximum atomic E-state index is 8.49. The highest BCUT2D eigenvalue weighted by Crippen LogP contribution is 2.13. The summed E-state index contributed by atoms with van der Waals surface area (Å²) in [4.78, 5) is 0. The molecule has 0 radical (unpaired) electrons. The Kier molecular flexibility index (Phi) is 5.81. The molecule has 15 heavy (non-hydrogen) atoms. The van der Waals surface area contributed by atoms with Gasteiger partial charge in [-0.2, -0.15) is 0 Å². The van der Waals surface area contributed by atoms with Gasteiger partial charge in [0.15, 0.2) is 0 Å². The zero-order valence-electron chi connectivity index (χ0n) is 9.11. The minimum absolute atomic E-state index is 0.0608. The van der Waals surface area contributed by atoms with E-state index in [-0.39, 0.29) is 6.61 Å². The molecule has 1 N–H and O–H groups in total. The van der Waals surface area contributed by atoms with Crippen LogP contribution in [0, 0.1) is 0 Å². The second-order valence-corrected chi connectivity index (χ2v) is 3.19. The normalized spacial score (nSPS) is 10.3. The van der Waals surface area contributed by atoms with Crippen LogP contribution in [0.5, 0.6) is 5.75 Å². The monoisotopic (exact) mass is 210 g/mol. The Morgan fingerprint density at radius 1 is 1.20 bits per heavy atom. The summed E-state index contributed by atoms with van der Waals surface area (Å²) in [5.41, 5.74) is 1.27. The molecule has 0 heterocycles. The largest absolute Gasteiger partial charge is 0.491 e. The van der Waals surface area contributed by atoms with E-state index in [9.17, 15) is 0 Å². The van der Waals surface area contributed by atoms with Crippen LogP contribution in [0.3, 0.4) is 0 Å². The Labute approximate surface area is 90.6 Å². The highest BCUT2D eigenvalue weighted by Gasteiger charge is 1.95. The van der Waals surface area contributed by atoms with Crippen LogP contribution in [-0.2, 0) is 11.2 Å². The van der Waals surface area contributed by atoms with Gasteiger partial charge in [0, 0.05) is 0 Å². The molecule has 3 heteroatoms. The summed E-state index contributed by atoms with van der Waals surface area (Å²) in [6.07, 6.45) is 1.01. The molecule has 84 valence electrons. The van der Waals surface area contributed by atoms with Crippen LogP contribution < -0.4 is 4.74 Å². The number of ether oxygens (including phenoxy) is 2. The molecule has 0 saturated heterocycles. The first-order chi connectivity index (χ1) is 7.36. The lowest BCUT2D eigenvalue weighted by molar-refractivity contribution is 0.0705. The van der Waals surface area contributed by atoms with Crippen LogP contribution in [0.1, 0.15) is 12.5 Å². The number of aryl methyl sites for hydroxylation is 1. The first kappa shape index (κ1) is 12.0. The molecule has 0 aliphatic carbocycles. The average Bonchev–Trinajstić information content (AvgIpc) is 2.29. The lowest BCUT2D eigenvalue weighted by Gasteiger charge is -2.07. The molecule has 0 bridgehead atoms. The molecule has 1 aromatic rings. The summed E-state index contributed by atoms with van der Waals surface area (Å²) in [5, 5.41) is 8.49. The van der Waals surface area contributed by atoms with Crippen molar-refractivity contribution < 1.29 is 14.6 Å². The maximum absolute atomic E-state index is 8.49. The van der Waals surface area contributed by atoms with E-state index in [1.54, 1.807) is 0 Å². The van der Waals surface area contributed by atoms with E-state index in [0.717, 1.165) is 12.2 Å². The van der Waals surface area contributed by atoms with Crippen molar-refractivity contribution in [1.82, 2.24) is 0 Å². The fourth-order valence-electron chi connectivity index (χ4n) is 1.24. The fourth-order valence-corrected chi connectivity index (χ4v) is 1.24.